The Labute approximate surface area is 145 Å². The lowest BCUT2D eigenvalue weighted by atomic mass is 10.0. The summed E-state index contributed by atoms with van der Waals surface area (Å²) in [5.41, 5.74) is 0. The highest BCUT2D eigenvalue weighted by molar-refractivity contribution is 5.78. The van der Waals surface area contributed by atoms with Gasteiger partial charge < -0.3 is 4.90 Å². The summed E-state index contributed by atoms with van der Waals surface area (Å²) in [6, 6.07) is 0.527. The fourth-order valence-electron chi connectivity index (χ4n) is 3.38. The highest BCUT2D eigenvalue weighted by Crippen LogP contribution is 2.19. The van der Waals surface area contributed by atoms with E-state index in [0.29, 0.717) is 11.9 Å². The Kier molecular flexibility index (Phi) is 12.4. The number of carbonyl (C=O) groups is 1. The second kappa shape index (κ2) is 13.9. The molecule has 1 heterocycles. The maximum absolute atomic E-state index is 11.7. The quantitative estimate of drug-likeness (QED) is 0.235. The lowest BCUT2D eigenvalue weighted by Crippen LogP contribution is -2.11. The standard InChI is InChI=1S/C21H41NO/c1-3-4-5-6-7-8-9-10-11-12-13-14-15-16-17-18-21(23)22-19-20(22)2/h20H,3-19H2,1-2H3. The van der Waals surface area contributed by atoms with Crippen molar-refractivity contribution in [2.45, 2.75) is 123 Å². The Hall–Kier alpha value is -0.530. The zero-order valence-corrected chi connectivity index (χ0v) is 16.0. The zero-order valence-electron chi connectivity index (χ0n) is 16.0. The number of nitrogens with zero attached hydrogens (tertiary/aromatic N) is 1. The number of hydrogen-bond acceptors (Lipinski definition) is 1. The molecule has 1 aliphatic heterocycles. The average Bonchev–Trinajstić information content (AvgIpc) is 3.28. The second-order valence-electron chi connectivity index (χ2n) is 7.59. The SMILES string of the molecule is CCCCCCCCCCCCCCCCCC(=O)N1CC1C. The molecule has 1 amide bonds. The predicted molar refractivity (Wildman–Crippen MR) is 101 cm³/mol. The van der Waals surface area contributed by atoms with Crippen LogP contribution in [0, 0.1) is 0 Å². The predicted octanol–water partition coefficient (Wildman–Crippen LogP) is 6.48. The fraction of sp³-hybridized carbons (Fsp3) is 0.952. The molecule has 1 atom stereocenters. The third-order valence-corrected chi connectivity index (χ3v) is 5.17. The third-order valence-electron chi connectivity index (χ3n) is 5.17. The van der Waals surface area contributed by atoms with Crippen LogP contribution in [-0.2, 0) is 4.79 Å². The van der Waals surface area contributed by atoms with E-state index in [0.717, 1.165) is 19.4 Å². The molecule has 0 spiro atoms. The van der Waals surface area contributed by atoms with Gasteiger partial charge in [-0.1, -0.05) is 96.8 Å². The molecule has 1 aliphatic rings. The molecule has 23 heavy (non-hydrogen) atoms. The van der Waals surface area contributed by atoms with Gasteiger partial charge in [-0.3, -0.25) is 4.79 Å². The lowest BCUT2D eigenvalue weighted by molar-refractivity contribution is -0.126. The van der Waals surface area contributed by atoms with Crippen molar-refractivity contribution in [2.75, 3.05) is 6.54 Å². The summed E-state index contributed by atoms with van der Waals surface area (Å²) in [5.74, 6) is 0.382. The molecule has 136 valence electrons. The van der Waals surface area contributed by atoms with E-state index in [1.165, 1.54) is 89.9 Å². The van der Waals surface area contributed by atoms with Crippen molar-refractivity contribution in [2.24, 2.45) is 0 Å². The maximum atomic E-state index is 11.7. The molecule has 0 bridgehead atoms. The van der Waals surface area contributed by atoms with Gasteiger partial charge in [0.05, 0.1) is 0 Å². The monoisotopic (exact) mass is 323 g/mol. The molecule has 2 nitrogen and oxygen atoms in total. The molecule has 0 radical (unpaired) electrons. The van der Waals surface area contributed by atoms with Crippen LogP contribution in [0.2, 0.25) is 0 Å². The molecule has 0 N–H and O–H groups in total. The van der Waals surface area contributed by atoms with E-state index in [-0.39, 0.29) is 0 Å². The number of amides is 1. The molecular formula is C21H41NO. The first-order chi connectivity index (χ1) is 11.3. The Bertz CT molecular complexity index is 290. The van der Waals surface area contributed by atoms with Crippen molar-refractivity contribution in [3.05, 3.63) is 0 Å². The van der Waals surface area contributed by atoms with Crippen LogP contribution in [0.4, 0.5) is 0 Å². The van der Waals surface area contributed by atoms with E-state index in [2.05, 4.69) is 13.8 Å². The summed E-state index contributed by atoms with van der Waals surface area (Å²) in [4.78, 5) is 13.7. The van der Waals surface area contributed by atoms with Crippen molar-refractivity contribution in [3.63, 3.8) is 0 Å². The molecule has 1 saturated heterocycles. The van der Waals surface area contributed by atoms with Crippen LogP contribution in [0.1, 0.15) is 117 Å². The Morgan fingerprint density at radius 2 is 1.09 bits per heavy atom. The minimum atomic E-state index is 0.382. The highest BCUT2D eigenvalue weighted by Gasteiger charge is 2.32. The summed E-state index contributed by atoms with van der Waals surface area (Å²) >= 11 is 0. The van der Waals surface area contributed by atoms with Gasteiger partial charge in [0.2, 0.25) is 5.91 Å². The second-order valence-corrected chi connectivity index (χ2v) is 7.59. The Morgan fingerprint density at radius 1 is 0.739 bits per heavy atom. The van der Waals surface area contributed by atoms with Crippen LogP contribution < -0.4 is 0 Å². The van der Waals surface area contributed by atoms with Gasteiger partial charge in [0.1, 0.15) is 0 Å². The number of rotatable bonds is 16. The first-order valence-corrected chi connectivity index (χ1v) is 10.5. The van der Waals surface area contributed by atoms with E-state index in [1.54, 1.807) is 0 Å². The van der Waals surface area contributed by atoms with Crippen molar-refractivity contribution in [1.82, 2.24) is 4.90 Å². The first kappa shape index (κ1) is 20.5. The molecule has 0 aromatic carbocycles. The molecular weight excluding hydrogens is 282 g/mol. The fourth-order valence-corrected chi connectivity index (χ4v) is 3.38. The van der Waals surface area contributed by atoms with Gasteiger partial charge in [0, 0.05) is 19.0 Å². The van der Waals surface area contributed by atoms with Crippen molar-refractivity contribution >= 4 is 5.91 Å². The Balaban J connectivity index is 1.68. The lowest BCUT2D eigenvalue weighted by Gasteiger charge is -2.04. The van der Waals surface area contributed by atoms with Gasteiger partial charge in [-0.2, -0.15) is 0 Å². The number of unbranched alkanes of at least 4 members (excludes halogenated alkanes) is 14. The average molecular weight is 324 g/mol. The van der Waals surface area contributed by atoms with Crippen LogP contribution in [0.5, 0.6) is 0 Å². The molecule has 2 heteroatoms. The number of carbonyl (C=O) groups excluding carboxylic acids is 1. The molecule has 0 aromatic heterocycles. The van der Waals surface area contributed by atoms with Crippen molar-refractivity contribution in [1.29, 1.82) is 0 Å². The zero-order chi connectivity index (χ0) is 16.8. The van der Waals surface area contributed by atoms with E-state index in [9.17, 15) is 4.79 Å². The van der Waals surface area contributed by atoms with E-state index < -0.39 is 0 Å². The van der Waals surface area contributed by atoms with Crippen molar-refractivity contribution < 1.29 is 4.79 Å². The summed E-state index contributed by atoms with van der Waals surface area (Å²) < 4.78 is 0. The normalized spacial score (nSPS) is 16.8. The minimum absolute atomic E-state index is 0.382. The van der Waals surface area contributed by atoms with E-state index in [1.807, 2.05) is 4.90 Å². The van der Waals surface area contributed by atoms with Gasteiger partial charge in [-0.15, -0.1) is 0 Å². The van der Waals surface area contributed by atoms with Crippen LogP contribution in [0.15, 0.2) is 0 Å². The van der Waals surface area contributed by atoms with Crippen LogP contribution in [0.25, 0.3) is 0 Å². The maximum Gasteiger partial charge on any atom is 0.222 e. The molecule has 0 aromatic rings. The molecule has 1 unspecified atom stereocenters. The van der Waals surface area contributed by atoms with Gasteiger partial charge in [0.25, 0.3) is 0 Å². The minimum Gasteiger partial charge on any atom is -0.336 e. The molecule has 1 fully saturated rings. The summed E-state index contributed by atoms with van der Waals surface area (Å²) in [6.45, 7) is 5.41. The Morgan fingerprint density at radius 3 is 1.43 bits per heavy atom. The van der Waals surface area contributed by atoms with Crippen LogP contribution >= 0.6 is 0 Å². The van der Waals surface area contributed by atoms with Gasteiger partial charge in [-0.05, 0) is 13.3 Å². The number of hydrogen-bond donors (Lipinski definition) is 0. The van der Waals surface area contributed by atoms with E-state index in [4.69, 9.17) is 0 Å². The molecule has 0 aliphatic carbocycles. The van der Waals surface area contributed by atoms with E-state index >= 15 is 0 Å². The first-order valence-electron chi connectivity index (χ1n) is 10.5. The van der Waals surface area contributed by atoms with Gasteiger partial charge in [-0.25, -0.2) is 0 Å². The topological polar surface area (TPSA) is 20.1 Å². The summed E-state index contributed by atoms with van der Waals surface area (Å²) in [7, 11) is 0. The summed E-state index contributed by atoms with van der Waals surface area (Å²) in [6.07, 6.45) is 21.5. The summed E-state index contributed by atoms with van der Waals surface area (Å²) in [5, 5.41) is 0. The largest absolute Gasteiger partial charge is 0.336 e. The molecule has 1 rings (SSSR count). The van der Waals surface area contributed by atoms with Crippen LogP contribution in [0.3, 0.4) is 0 Å². The molecule has 0 saturated carbocycles. The van der Waals surface area contributed by atoms with Gasteiger partial charge >= 0.3 is 0 Å². The van der Waals surface area contributed by atoms with Crippen molar-refractivity contribution in [3.8, 4) is 0 Å². The highest BCUT2D eigenvalue weighted by atomic mass is 16.2. The van der Waals surface area contributed by atoms with Crippen LogP contribution in [-0.4, -0.2) is 23.4 Å². The van der Waals surface area contributed by atoms with Gasteiger partial charge in [0.15, 0.2) is 0 Å². The third kappa shape index (κ3) is 11.6. The smallest absolute Gasteiger partial charge is 0.222 e.